The summed E-state index contributed by atoms with van der Waals surface area (Å²) in [6, 6.07) is 8.85. The molecule has 2 heterocycles. The summed E-state index contributed by atoms with van der Waals surface area (Å²) in [5.74, 6) is 2.33. The molecule has 0 spiro atoms. The van der Waals surface area contributed by atoms with Crippen molar-refractivity contribution in [1.29, 1.82) is 0 Å². The Kier molecular flexibility index (Phi) is 4.10. The number of amides is 1. The van der Waals surface area contributed by atoms with Crippen molar-refractivity contribution in [3.05, 3.63) is 59.2 Å². The molecule has 4 bridgehead atoms. The minimum Gasteiger partial charge on any atom is -0.305 e. The monoisotopic (exact) mass is 404 g/mol. The Morgan fingerprint density at radius 2 is 1.77 bits per heavy atom. The Bertz CT molecular complexity index is 981. The normalized spacial score (nSPS) is 34.1. The van der Waals surface area contributed by atoms with E-state index in [1.165, 1.54) is 44.6 Å². The minimum atomic E-state index is -0.233. The lowest BCUT2D eigenvalue weighted by atomic mass is 9.48. The van der Waals surface area contributed by atoms with Gasteiger partial charge in [0.05, 0.1) is 0 Å². The highest BCUT2D eigenvalue weighted by Crippen LogP contribution is 2.60. The first-order valence-electron chi connectivity index (χ1n) is 11.6. The van der Waals surface area contributed by atoms with Crippen LogP contribution in [0.15, 0.2) is 36.5 Å². The molecule has 1 aromatic carbocycles. The number of carbonyl (C=O) groups is 1. The van der Waals surface area contributed by atoms with E-state index in [2.05, 4.69) is 13.0 Å². The quantitative estimate of drug-likeness (QED) is 0.646. The number of nitrogens with zero attached hydrogens (tertiary/aromatic N) is 2. The van der Waals surface area contributed by atoms with Crippen molar-refractivity contribution in [3.8, 4) is 0 Å². The molecule has 30 heavy (non-hydrogen) atoms. The standard InChI is InChI=1S/C26H29FN2O/c1-16-2-3-20-11-22(27)4-5-23(20)29(16)25(30)21-6-7-28-24(12-21)26-13-17-8-18(14-26)10-19(9-17)15-26/h4-7,11-12,16-19H,2-3,8-10,13-15H2,1H3. The molecule has 156 valence electrons. The lowest BCUT2D eigenvalue weighted by Gasteiger charge is -2.56. The predicted octanol–water partition coefficient (Wildman–Crippen LogP) is 5.67. The lowest BCUT2D eigenvalue weighted by molar-refractivity contribution is -0.00721. The molecular formula is C26H29FN2O. The van der Waals surface area contributed by atoms with Gasteiger partial charge in [-0.15, -0.1) is 0 Å². The first-order valence-corrected chi connectivity index (χ1v) is 11.6. The number of benzene rings is 1. The van der Waals surface area contributed by atoms with E-state index in [1.807, 2.05) is 17.2 Å². The molecule has 1 atom stereocenters. The molecular weight excluding hydrogens is 375 g/mol. The average molecular weight is 405 g/mol. The largest absolute Gasteiger partial charge is 0.305 e. The molecule has 4 aliphatic carbocycles. The van der Waals surface area contributed by atoms with Crippen LogP contribution in [0.25, 0.3) is 0 Å². The van der Waals surface area contributed by atoms with E-state index < -0.39 is 0 Å². The SMILES string of the molecule is CC1CCc2cc(F)ccc2N1C(=O)c1ccnc(C23CC4CC(CC(C4)C2)C3)c1. The Hall–Kier alpha value is -2.23. The Balaban J connectivity index is 1.35. The van der Waals surface area contributed by atoms with E-state index in [4.69, 9.17) is 4.98 Å². The Morgan fingerprint density at radius 3 is 2.47 bits per heavy atom. The molecule has 0 N–H and O–H groups in total. The van der Waals surface area contributed by atoms with E-state index in [1.54, 1.807) is 12.1 Å². The molecule has 1 aliphatic heterocycles. The molecule has 3 nitrogen and oxygen atoms in total. The van der Waals surface area contributed by atoms with Crippen molar-refractivity contribution >= 4 is 11.6 Å². The third-order valence-electron chi connectivity index (χ3n) is 8.38. The summed E-state index contributed by atoms with van der Waals surface area (Å²) >= 11 is 0. The highest BCUT2D eigenvalue weighted by Gasteiger charge is 2.52. The second kappa shape index (κ2) is 6.63. The van der Waals surface area contributed by atoms with Gasteiger partial charge >= 0.3 is 0 Å². The number of fused-ring (bicyclic) bond motifs is 1. The molecule has 7 rings (SSSR count). The van der Waals surface area contributed by atoms with Gasteiger partial charge in [0.1, 0.15) is 5.82 Å². The molecule has 1 unspecified atom stereocenters. The van der Waals surface area contributed by atoms with Gasteiger partial charge < -0.3 is 4.90 Å². The van der Waals surface area contributed by atoms with Gasteiger partial charge in [-0.2, -0.15) is 0 Å². The van der Waals surface area contributed by atoms with E-state index in [9.17, 15) is 9.18 Å². The maximum Gasteiger partial charge on any atom is 0.258 e. The first-order chi connectivity index (χ1) is 14.5. The van der Waals surface area contributed by atoms with Crippen molar-refractivity contribution < 1.29 is 9.18 Å². The van der Waals surface area contributed by atoms with Gasteiger partial charge in [0.25, 0.3) is 5.91 Å². The van der Waals surface area contributed by atoms with Gasteiger partial charge in [0, 0.05) is 34.6 Å². The van der Waals surface area contributed by atoms with Crippen molar-refractivity contribution in [2.75, 3.05) is 4.90 Å². The summed E-state index contributed by atoms with van der Waals surface area (Å²) in [5, 5.41) is 0. The number of anilines is 1. The van der Waals surface area contributed by atoms with Crippen molar-refractivity contribution in [1.82, 2.24) is 4.98 Å². The molecule has 0 saturated heterocycles. The highest BCUT2D eigenvalue weighted by atomic mass is 19.1. The summed E-state index contributed by atoms with van der Waals surface area (Å²) in [5.41, 5.74) is 3.82. The number of aryl methyl sites for hydroxylation is 1. The van der Waals surface area contributed by atoms with Crippen LogP contribution in [0.1, 0.15) is 73.5 Å². The molecule has 1 aromatic heterocycles. The number of hydrogen-bond acceptors (Lipinski definition) is 2. The number of aromatic nitrogens is 1. The minimum absolute atomic E-state index is 0.0171. The number of halogens is 1. The van der Waals surface area contributed by atoms with Crippen molar-refractivity contribution in [3.63, 3.8) is 0 Å². The van der Waals surface area contributed by atoms with Crippen molar-refractivity contribution in [2.45, 2.75) is 69.7 Å². The molecule has 1 amide bonds. The fourth-order valence-electron chi connectivity index (χ4n) is 7.45. The Morgan fingerprint density at radius 1 is 1.07 bits per heavy atom. The topological polar surface area (TPSA) is 33.2 Å². The summed E-state index contributed by atoms with van der Waals surface area (Å²) in [6.45, 7) is 2.09. The van der Waals surface area contributed by atoms with Crippen LogP contribution >= 0.6 is 0 Å². The zero-order chi connectivity index (χ0) is 20.5. The number of rotatable bonds is 2. The summed E-state index contributed by atoms with van der Waals surface area (Å²) in [7, 11) is 0. The summed E-state index contributed by atoms with van der Waals surface area (Å²) in [6.07, 6.45) is 11.4. The van der Waals surface area contributed by atoms with Crippen LogP contribution in [0.2, 0.25) is 0 Å². The maximum atomic E-state index is 13.7. The molecule has 4 heteroatoms. The average Bonchev–Trinajstić information content (AvgIpc) is 2.72. The summed E-state index contributed by atoms with van der Waals surface area (Å²) < 4.78 is 13.7. The van der Waals surface area contributed by atoms with E-state index >= 15 is 0 Å². The van der Waals surface area contributed by atoms with Gasteiger partial charge in [-0.25, -0.2) is 4.39 Å². The van der Waals surface area contributed by atoms with Gasteiger partial charge in [-0.05, 0) is 112 Å². The van der Waals surface area contributed by atoms with Crippen LogP contribution in [0.4, 0.5) is 10.1 Å². The van der Waals surface area contributed by atoms with Gasteiger partial charge in [0.2, 0.25) is 0 Å². The van der Waals surface area contributed by atoms with E-state index in [-0.39, 0.29) is 23.2 Å². The molecule has 0 radical (unpaired) electrons. The first kappa shape index (κ1) is 18.5. The van der Waals surface area contributed by atoms with E-state index in [0.717, 1.165) is 53.1 Å². The fourth-order valence-corrected chi connectivity index (χ4v) is 7.45. The zero-order valence-corrected chi connectivity index (χ0v) is 17.6. The van der Waals surface area contributed by atoms with Crippen LogP contribution < -0.4 is 4.90 Å². The zero-order valence-electron chi connectivity index (χ0n) is 17.6. The summed E-state index contributed by atoms with van der Waals surface area (Å²) in [4.78, 5) is 20.3. The lowest BCUT2D eigenvalue weighted by Crippen LogP contribution is -2.49. The molecule has 4 saturated carbocycles. The van der Waals surface area contributed by atoms with E-state index in [0.29, 0.717) is 0 Å². The van der Waals surface area contributed by atoms with Crippen LogP contribution in [0, 0.1) is 23.6 Å². The number of hydrogen-bond donors (Lipinski definition) is 0. The Labute approximate surface area is 177 Å². The highest BCUT2D eigenvalue weighted by molar-refractivity contribution is 6.07. The van der Waals surface area contributed by atoms with Crippen LogP contribution in [0.5, 0.6) is 0 Å². The van der Waals surface area contributed by atoms with Crippen LogP contribution in [0.3, 0.4) is 0 Å². The predicted molar refractivity (Wildman–Crippen MR) is 115 cm³/mol. The maximum absolute atomic E-state index is 13.7. The number of pyridine rings is 1. The third kappa shape index (κ3) is 2.83. The smallest absolute Gasteiger partial charge is 0.258 e. The molecule has 5 aliphatic rings. The molecule has 2 aromatic rings. The third-order valence-corrected chi connectivity index (χ3v) is 8.38. The molecule has 4 fully saturated rings. The second-order valence-electron chi connectivity index (χ2n) is 10.5. The second-order valence-corrected chi connectivity index (χ2v) is 10.5. The van der Waals surface area contributed by atoms with Gasteiger partial charge in [-0.1, -0.05) is 0 Å². The van der Waals surface area contributed by atoms with Gasteiger partial charge in [-0.3, -0.25) is 9.78 Å². The fraction of sp³-hybridized carbons (Fsp3) is 0.538. The van der Waals surface area contributed by atoms with Crippen LogP contribution in [-0.4, -0.2) is 16.9 Å². The van der Waals surface area contributed by atoms with Crippen LogP contribution in [-0.2, 0) is 11.8 Å². The number of carbonyl (C=O) groups excluding carboxylic acids is 1. The van der Waals surface area contributed by atoms with Gasteiger partial charge in [0.15, 0.2) is 0 Å². The van der Waals surface area contributed by atoms with Crippen molar-refractivity contribution in [2.24, 2.45) is 17.8 Å².